The first-order valence-corrected chi connectivity index (χ1v) is 3.97. The molecule has 2 aromatic rings. The van der Waals surface area contributed by atoms with Gasteiger partial charge in [-0.3, -0.25) is 4.98 Å². The van der Waals surface area contributed by atoms with Crippen molar-refractivity contribution in [3.63, 3.8) is 0 Å². The van der Waals surface area contributed by atoms with Crippen LogP contribution in [0.1, 0.15) is 0 Å². The molecular formula is C10H6N2O2. The second kappa shape index (κ2) is 3.28. The average molecular weight is 186 g/mol. The Hall–Kier alpha value is -2.19. The molecule has 0 fully saturated rings. The molecule has 0 unspecified atom stereocenters. The number of aliphatic imine (C=N–C) groups is 1. The second-order valence-corrected chi connectivity index (χ2v) is 2.71. The first-order valence-electron chi connectivity index (χ1n) is 3.97. The van der Waals surface area contributed by atoms with Crippen molar-refractivity contribution in [2.75, 3.05) is 0 Å². The molecule has 0 radical (unpaired) electrons. The summed E-state index contributed by atoms with van der Waals surface area (Å²) in [6.45, 7) is 0. The van der Waals surface area contributed by atoms with E-state index in [2.05, 4.69) is 9.98 Å². The number of carbonyl (C=O) groups excluding carboxylic acids is 1. The molecule has 0 aliphatic rings. The first kappa shape index (κ1) is 8.41. The monoisotopic (exact) mass is 186 g/mol. The van der Waals surface area contributed by atoms with E-state index in [1.807, 2.05) is 0 Å². The van der Waals surface area contributed by atoms with Crippen molar-refractivity contribution in [2.24, 2.45) is 4.99 Å². The van der Waals surface area contributed by atoms with Gasteiger partial charge in [-0.05, 0) is 24.3 Å². The van der Waals surface area contributed by atoms with Crippen molar-refractivity contribution in [1.29, 1.82) is 0 Å². The van der Waals surface area contributed by atoms with E-state index >= 15 is 0 Å². The molecule has 4 heteroatoms. The Labute approximate surface area is 79.5 Å². The molecule has 14 heavy (non-hydrogen) atoms. The molecule has 0 spiro atoms. The van der Waals surface area contributed by atoms with Crippen molar-refractivity contribution >= 4 is 22.7 Å². The van der Waals surface area contributed by atoms with E-state index in [-0.39, 0.29) is 11.4 Å². The van der Waals surface area contributed by atoms with E-state index in [0.29, 0.717) is 10.9 Å². The number of aromatic nitrogens is 1. The molecule has 0 aliphatic heterocycles. The number of aromatic hydroxyl groups is 1. The normalized spacial score (nSPS) is 9.71. The topological polar surface area (TPSA) is 62.5 Å². The van der Waals surface area contributed by atoms with Crippen LogP contribution in [0.25, 0.3) is 10.9 Å². The van der Waals surface area contributed by atoms with Crippen molar-refractivity contribution in [3.05, 3.63) is 30.5 Å². The van der Waals surface area contributed by atoms with Crippen LogP contribution in [0.3, 0.4) is 0 Å². The lowest BCUT2D eigenvalue weighted by Crippen LogP contribution is -1.78. The molecule has 0 atom stereocenters. The van der Waals surface area contributed by atoms with Crippen LogP contribution in [0.15, 0.2) is 35.5 Å². The minimum Gasteiger partial charge on any atom is -0.506 e. The van der Waals surface area contributed by atoms with Crippen molar-refractivity contribution < 1.29 is 9.90 Å². The summed E-state index contributed by atoms with van der Waals surface area (Å²) in [5, 5.41) is 10.1. The third-order valence-corrected chi connectivity index (χ3v) is 1.89. The van der Waals surface area contributed by atoms with E-state index in [9.17, 15) is 9.90 Å². The standard InChI is InChI=1S/C10H6N2O2/c13-6-12-10-7-2-1-5-11-8(7)3-4-9(10)14/h1-5,14H. The summed E-state index contributed by atoms with van der Waals surface area (Å²) in [7, 11) is 0. The summed E-state index contributed by atoms with van der Waals surface area (Å²) >= 11 is 0. The summed E-state index contributed by atoms with van der Waals surface area (Å²) in [4.78, 5) is 17.7. The molecule has 2 rings (SSSR count). The molecule has 68 valence electrons. The summed E-state index contributed by atoms with van der Waals surface area (Å²) in [5.41, 5.74) is 0.893. The molecule has 1 N–H and O–H groups in total. The molecule has 0 amide bonds. The largest absolute Gasteiger partial charge is 0.506 e. The third-order valence-electron chi connectivity index (χ3n) is 1.89. The molecule has 1 heterocycles. The van der Waals surface area contributed by atoms with Gasteiger partial charge in [-0.25, -0.2) is 4.79 Å². The van der Waals surface area contributed by atoms with E-state index < -0.39 is 0 Å². The van der Waals surface area contributed by atoms with Crippen LogP contribution >= 0.6 is 0 Å². The highest BCUT2D eigenvalue weighted by molar-refractivity contribution is 5.93. The lowest BCUT2D eigenvalue weighted by atomic mass is 10.1. The lowest BCUT2D eigenvalue weighted by Gasteiger charge is -2.01. The maximum atomic E-state index is 10.1. The smallest absolute Gasteiger partial charge is 0.240 e. The van der Waals surface area contributed by atoms with Gasteiger partial charge in [0.1, 0.15) is 11.4 Å². The maximum Gasteiger partial charge on any atom is 0.240 e. The van der Waals surface area contributed by atoms with Crippen LogP contribution in [0.2, 0.25) is 0 Å². The summed E-state index contributed by atoms with van der Waals surface area (Å²) in [6.07, 6.45) is 3.04. The average Bonchev–Trinajstić information content (AvgIpc) is 2.23. The summed E-state index contributed by atoms with van der Waals surface area (Å²) < 4.78 is 0. The van der Waals surface area contributed by atoms with Gasteiger partial charge in [-0.1, -0.05) is 0 Å². The molecule has 1 aromatic heterocycles. The number of rotatable bonds is 1. The minimum atomic E-state index is -0.0474. The lowest BCUT2D eigenvalue weighted by molar-refractivity contribution is 0.477. The Kier molecular flexibility index (Phi) is 1.97. The molecule has 0 aliphatic carbocycles. The number of hydrogen-bond acceptors (Lipinski definition) is 4. The number of phenolic OH excluding ortho intramolecular Hbond substituents is 1. The molecule has 0 bridgehead atoms. The highest BCUT2D eigenvalue weighted by Crippen LogP contribution is 2.33. The van der Waals surface area contributed by atoms with Crippen molar-refractivity contribution in [2.45, 2.75) is 0 Å². The minimum absolute atomic E-state index is 0.0474. The second-order valence-electron chi connectivity index (χ2n) is 2.71. The Morgan fingerprint density at radius 3 is 3.00 bits per heavy atom. The van der Waals surface area contributed by atoms with Gasteiger partial charge in [-0.15, -0.1) is 0 Å². The van der Waals surface area contributed by atoms with Gasteiger partial charge >= 0.3 is 0 Å². The number of benzene rings is 1. The molecule has 4 nitrogen and oxygen atoms in total. The molecule has 0 saturated carbocycles. The number of hydrogen-bond donors (Lipinski definition) is 1. The SMILES string of the molecule is O=C=Nc1c(O)ccc2ncccc12. The van der Waals surface area contributed by atoms with E-state index in [4.69, 9.17) is 0 Å². The van der Waals surface area contributed by atoms with Crippen molar-refractivity contribution in [1.82, 2.24) is 4.98 Å². The fraction of sp³-hybridized carbons (Fsp3) is 0. The number of isocyanates is 1. The van der Waals surface area contributed by atoms with Crippen LogP contribution in [-0.4, -0.2) is 16.2 Å². The molecular weight excluding hydrogens is 180 g/mol. The predicted molar refractivity (Wildman–Crippen MR) is 51.2 cm³/mol. The summed E-state index contributed by atoms with van der Waals surface area (Å²) in [6, 6.07) is 6.56. The van der Waals surface area contributed by atoms with Crippen LogP contribution in [0, 0.1) is 0 Å². The quantitative estimate of drug-likeness (QED) is 0.546. The zero-order chi connectivity index (χ0) is 9.97. The van der Waals surface area contributed by atoms with Crippen LogP contribution < -0.4 is 0 Å². The van der Waals surface area contributed by atoms with Gasteiger partial charge in [-0.2, -0.15) is 4.99 Å². The van der Waals surface area contributed by atoms with E-state index in [1.54, 1.807) is 24.4 Å². The van der Waals surface area contributed by atoms with E-state index in [0.717, 1.165) is 0 Å². The zero-order valence-electron chi connectivity index (χ0n) is 7.14. The van der Waals surface area contributed by atoms with Gasteiger partial charge in [0, 0.05) is 11.6 Å². The van der Waals surface area contributed by atoms with Gasteiger partial charge in [0.15, 0.2) is 0 Å². The van der Waals surface area contributed by atoms with E-state index in [1.165, 1.54) is 12.1 Å². The molecule has 1 aromatic carbocycles. The first-order chi connectivity index (χ1) is 6.83. The van der Waals surface area contributed by atoms with Gasteiger partial charge in [0.2, 0.25) is 6.08 Å². The van der Waals surface area contributed by atoms with Gasteiger partial charge in [0.05, 0.1) is 5.52 Å². The van der Waals surface area contributed by atoms with Gasteiger partial charge in [0.25, 0.3) is 0 Å². The highest BCUT2D eigenvalue weighted by atomic mass is 16.3. The Morgan fingerprint density at radius 1 is 1.36 bits per heavy atom. The number of phenols is 1. The Morgan fingerprint density at radius 2 is 2.21 bits per heavy atom. The van der Waals surface area contributed by atoms with Gasteiger partial charge < -0.3 is 5.11 Å². The fourth-order valence-electron chi connectivity index (χ4n) is 1.29. The number of fused-ring (bicyclic) bond motifs is 1. The Bertz CT molecular complexity index is 531. The van der Waals surface area contributed by atoms with Crippen LogP contribution in [-0.2, 0) is 4.79 Å². The number of nitrogens with zero attached hydrogens (tertiary/aromatic N) is 2. The van der Waals surface area contributed by atoms with Crippen molar-refractivity contribution in [3.8, 4) is 5.75 Å². The third kappa shape index (κ3) is 1.24. The maximum absolute atomic E-state index is 10.1. The zero-order valence-corrected chi connectivity index (χ0v) is 7.14. The number of pyridine rings is 1. The van der Waals surface area contributed by atoms with Crippen LogP contribution in [0.5, 0.6) is 5.75 Å². The fourth-order valence-corrected chi connectivity index (χ4v) is 1.29. The highest BCUT2D eigenvalue weighted by Gasteiger charge is 2.05. The summed E-state index contributed by atoms with van der Waals surface area (Å²) in [5.74, 6) is -0.0474. The predicted octanol–water partition coefficient (Wildman–Crippen LogP) is 1.91. The Balaban J connectivity index is 2.89. The van der Waals surface area contributed by atoms with Crippen LogP contribution in [0.4, 0.5) is 5.69 Å². The molecule has 0 saturated heterocycles.